The summed E-state index contributed by atoms with van der Waals surface area (Å²) in [5, 5.41) is 12.7. The van der Waals surface area contributed by atoms with Crippen LogP contribution in [0.25, 0.3) is 27.0 Å². The summed E-state index contributed by atoms with van der Waals surface area (Å²) in [5.41, 5.74) is 7.94. The molecule has 2 aromatic carbocycles. The molecule has 0 fully saturated rings. The molecular formula is C16H12N4S. The van der Waals surface area contributed by atoms with Crippen molar-refractivity contribution in [3.63, 3.8) is 0 Å². The Bertz CT molecular complexity index is 904. The third kappa shape index (κ3) is 1.90. The van der Waals surface area contributed by atoms with E-state index in [0.29, 0.717) is 5.82 Å². The van der Waals surface area contributed by atoms with Gasteiger partial charge in [0, 0.05) is 5.39 Å². The number of benzene rings is 2. The third-order valence-electron chi connectivity index (χ3n) is 3.45. The van der Waals surface area contributed by atoms with Crippen LogP contribution in [0.2, 0.25) is 0 Å². The maximum absolute atomic E-state index is 6.26. The lowest BCUT2D eigenvalue weighted by atomic mass is 10.1. The van der Waals surface area contributed by atoms with Crippen LogP contribution >= 0.6 is 11.3 Å². The Morgan fingerprint density at radius 2 is 1.81 bits per heavy atom. The second-order valence-corrected chi connectivity index (χ2v) is 5.66. The fraction of sp³-hybridized carbons (Fsp3) is 0. The van der Waals surface area contributed by atoms with Crippen molar-refractivity contribution in [2.24, 2.45) is 0 Å². The van der Waals surface area contributed by atoms with Gasteiger partial charge in [-0.3, -0.25) is 0 Å². The molecule has 0 aliphatic rings. The summed E-state index contributed by atoms with van der Waals surface area (Å²) in [4.78, 5) is 1.03. The van der Waals surface area contributed by atoms with Crippen LogP contribution in [0.5, 0.6) is 0 Å². The third-order valence-corrected chi connectivity index (χ3v) is 4.33. The number of fused-ring (bicyclic) bond motifs is 1. The van der Waals surface area contributed by atoms with Crippen LogP contribution in [0, 0.1) is 0 Å². The molecule has 0 bridgehead atoms. The highest BCUT2D eigenvalue weighted by Gasteiger charge is 2.15. The van der Waals surface area contributed by atoms with Gasteiger partial charge in [0.25, 0.3) is 0 Å². The lowest BCUT2D eigenvalue weighted by molar-refractivity contribution is 0.815. The van der Waals surface area contributed by atoms with Crippen molar-refractivity contribution >= 4 is 27.9 Å². The summed E-state index contributed by atoms with van der Waals surface area (Å²) in [6.45, 7) is 0. The molecule has 4 aromatic rings. The Morgan fingerprint density at radius 1 is 0.952 bits per heavy atom. The maximum Gasteiger partial charge on any atom is 0.156 e. The van der Waals surface area contributed by atoms with Crippen molar-refractivity contribution in [2.75, 3.05) is 5.73 Å². The number of nitrogen functional groups attached to an aromatic ring is 1. The summed E-state index contributed by atoms with van der Waals surface area (Å²) in [7, 11) is 0. The first-order chi connectivity index (χ1) is 10.3. The van der Waals surface area contributed by atoms with Crippen LogP contribution in [0.1, 0.15) is 0 Å². The molecule has 0 unspecified atom stereocenters. The van der Waals surface area contributed by atoms with Gasteiger partial charge in [-0.25, -0.2) is 0 Å². The fourth-order valence-electron chi connectivity index (χ4n) is 2.45. The summed E-state index contributed by atoms with van der Waals surface area (Å²) < 4.78 is 1.71. The molecule has 0 atom stereocenters. The van der Waals surface area contributed by atoms with Gasteiger partial charge in [0.05, 0.1) is 10.6 Å². The second kappa shape index (κ2) is 4.71. The molecule has 0 radical (unpaired) electrons. The number of nitrogens with zero attached hydrogens (tertiary/aromatic N) is 3. The first-order valence-electron chi connectivity index (χ1n) is 6.58. The van der Waals surface area contributed by atoms with Gasteiger partial charge < -0.3 is 5.73 Å². The zero-order chi connectivity index (χ0) is 14.2. The fourth-order valence-corrected chi connectivity index (χ4v) is 3.17. The zero-order valence-electron chi connectivity index (χ0n) is 11.1. The highest BCUT2D eigenvalue weighted by atomic mass is 32.1. The maximum atomic E-state index is 6.26. The van der Waals surface area contributed by atoms with Gasteiger partial charge in [-0.1, -0.05) is 47.7 Å². The van der Waals surface area contributed by atoms with Crippen LogP contribution < -0.4 is 5.73 Å². The Hall–Kier alpha value is -2.66. The average molecular weight is 292 g/mol. The van der Waals surface area contributed by atoms with E-state index in [1.54, 1.807) is 16.0 Å². The number of rotatable bonds is 2. The molecule has 2 heterocycles. The molecule has 0 saturated carbocycles. The minimum Gasteiger partial charge on any atom is -0.382 e. The van der Waals surface area contributed by atoms with E-state index < -0.39 is 0 Å². The standard InChI is InChI=1S/C16H12N4S/c17-16-15(14-9-4-10-21-14)18-19-20(16)13-8-3-6-11-5-1-2-7-12(11)13/h1-10H,17H2. The van der Waals surface area contributed by atoms with Gasteiger partial charge in [-0.05, 0) is 22.9 Å². The molecule has 5 heteroatoms. The van der Waals surface area contributed by atoms with Gasteiger partial charge in [0.1, 0.15) is 5.69 Å². The molecule has 4 rings (SSSR count). The van der Waals surface area contributed by atoms with Crippen molar-refractivity contribution < 1.29 is 0 Å². The highest BCUT2D eigenvalue weighted by Crippen LogP contribution is 2.30. The molecule has 21 heavy (non-hydrogen) atoms. The number of nitrogens with two attached hydrogens (primary N) is 1. The molecule has 4 nitrogen and oxygen atoms in total. The van der Waals surface area contributed by atoms with Crippen LogP contribution in [-0.2, 0) is 0 Å². The van der Waals surface area contributed by atoms with E-state index in [-0.39, 0.29) is 0 Å². The van der Waals surface area contributed by atoms with Gasteiger partial charge >= 0.3 is 0 Å². The van der Waals surface area contributed by atoms with Crippen molar-refractivity contribution in [3.05, 3.63) is 60.0 Å². The first-order valence-corrected chi connectivity index (χ1v) is 7.46. The summed E-state index contributed by atoms with van der Waals surface area (Å²) in [6, 6.07) is 18.2. The summed E-state index contributed by atoms with van der Waals surface area (Å²) >= 11 is 1.61. The largest absolute Gasteiger partial charge is 0.382 e. The van der Waals surface area contributed by atoms with E-state index in [1.165, 1.54) is 0 Å². The van der Waals surface area contributed by atoms with Crippen LogP contribution in [0.15, 0.2) is 60.0 Å². The van der Waals surface area contributed by atoms with E-state index in [9.17, 15) is 0 Å². The normalized spacial score (nSPS) is 11.0. The molecule has 0 amide bonds. The van der Waals surface area contributed by atoms with Gasteiger partial charge in [-0.15, -0.1) is 16.4 Å². The SMILES string of the molecule is Nc1c(-c2cccs2)nnn1-c1cccc2ccccc12. The number of hydrogen-bond acceptors (Lipinski definition) is 4. The molecule has 0 aliphatic heterocycles. The summed E-state index contributed by atoms with van der Waals surface area (Å²) in [5.74, 6) is 0.564. The number of anilines is 1. The molecule has 102 valence electrons. The first kappa shape index (κ1) is 12.1. The van der Waals surface area contributed by atoms with Crippen LogP contribution in [-0.4, -0.2) is 15.0 Å². The van der Waals surface area contributed by atoms with Crippen molar-refractivity contribution in [3.8, 4) is 16.3 Å². The Balaban J connectivity index is 1.94. The lowest BCUT2D eigenvalue weighted by Crippen LogP contribution is -2.02. The topological polar surface area (TPSA) is 56.7 Å². The molecule has 0 aliphatic carbocycles. The zero-order valence-corrected chi connectivity index (χ0v) is 11.9. The van der Waals surface area contributed by atoms with Crippen molar-refractivity contribution in [1.82, 2.24) is 15.0 Å². The molecule has 0 spiro atoms. The summed E-state index contributed by atoms with van der Waals surface area (Å²) in [6.07, 6.45) is 0. The van der Waals surface area contributed by atoms with E-state index in [0.717, 1.165) is 27.0 Å². The van der Waals surface area contributed by atoms with Gasteiger partial charge in [-0.2, -0.15) is 4.68 Å². The number of aromatic nitrogens is 3. The van der Waals surface area contributed by atoms with Gasteiger partial charge in [0.2, 0.25) is 0 Å². The van der Waals surface area contributed by atoms with Crippen LogP contribution in [0.3, 0.4) is 0 Å². The van der Waals surface area contributed by atoms with E-state index >= 15 is 0 Å². The molecule has 0 saturated heterocycles. The van der Waals surface area contributed by atoms with Crippen molar-refractivity contribution in [2.45, 2.75) is 0 Å². The Labute approximate surface area is 125 Å². The second-order valence-electron chi connectivity index (χ2n) is 4.71. The lowest BCUT2D eigenvalue weighted by Gasteiger charge is -2.07. The minimum absolute atomic E-state index is 0.564. The molecule has 2 N–H and O–H groups in total. The quantitative estimate of drug-likeness (QED) is 0.612. The smallest absolute Gasteiger partial charge is 0.156 e. The number of thiophene rings is 1. The van der Waals surface area contributed by atoms with Crippen molar-refractivity contribution in [1.29, 1.82) is 0 Å². The highest BCUT2D eigenvalue weighted by molar-refractivity contribution is 7.13. The van der Waals surface area contributed by atoms with Gasteiger partial charge in [0.15, 0.2) is 5.82 Å². The number of hydrogen-bond donors (Lipinski definition) is 1. The molecule has 2 aromatic heterocycles. The monoisotopic (exact) mass is 292 g/mol. The van der Waals surface area contributed by atoms with E-state index in [4.69, 9.17) is 5.73 Å². The Morgan fingerprint density at radius 3 is 2.67 bits per heavy atom. The molecular weight excluding hydrogens is 280 g/mol. The van der Waals surface area contributed by atoms with Crippen LogP contribution in [0.4, 0.5) is 5.82 Å². The average Bonchev–Trinajstić information content (AvgIpc) is 3.16. The minimum atomic E-state index is 0.564. The van der Waals surface area contributed by atoms with E-state index in [1.807, 2.05) is 41.8 Å². The van der Waals surface area contributed by atoms with E-state index in [2.05, 4.69) is 28.5 Å². The Kier molecular flexibility index (Phi) is 2.72. The predicted molar refractivity (Wildman–Crippen MR) is 86.6 cm³/mol. The predicted octanol–water partition coefficient (Wildman–Crippen LogP) is 3.73.